The molecule has 1 rings (SSSR count). The van der Waals surface area contributed by atoms with Gasteiger partial charge in [-0.2, -0.15) is 0 Å². The summed E-state index contributed by atoms with van der Waals surface area (Å²) in [6, 6.07) is -0.572. The third-order valence-electron chi connectivity index (χ3n) is 3.31. The summed E-state index contributed by atoms with van der Waals surface area (Å²) in [6.45, 7) is 12.7. The first-order valence-electron chi connectivity index (χ1n) is 7.28. The van der Waals surface area contributed by atoms with Gasteiger partial charge >= 0.3 is 12.1 Å². The van der Waals surface area contributed by atoms with Gasteiger partial charge in [0.05, 0.1) is 6.04 Å². The summed E-state index contributed by atoms with van der Waals surface area (Å²) in [7, 11) is 0. The Balaban J connectivity index is 3.16. The van der Waals surface area contributed by atoms with E-state index >= 15 is 0 Å². The van der Waals surface area contributed by atoms with Gasteiger partial charge in [-0.05, 0) is 33.1 Å². The molecule has 2 atom stereocenters. The molecule has 0 aromatic carbocycles. The van der Waals surface area contributed by atoms with Gasteiger partial charge in [-0.15, -0.1) is 0 Å². The zero-order valence-corrected chi connectivity index (χ0v) is 14.0. The van der Waals surface area contributed by atoms with E-state index < -0.39 is 35.5 Å². The van der Waals surface area contributed by atoms with Crippen LogP contribution in [0.25, 0.3) is 0 Å². The lowest BCUT2D eigenvalue weighted by Crippen LogP contribution is -2.57. The molecule has 21 heavy (non-hydrogen) atoms. The van der Waals surface area contributed by atoms with Crippen molar-refractivity contribution in [1.82, 2.24) is 4.90 Å². The molecular weight excluding hydrogens is 274 g/mol. The van der Waals surface area contributed by atoms with Crippen LogP contribution in [-0.4, -0.2) is 45.5 Å². The molecule has 1 fully saturated rings. The van der Waals surface area contributed by atoms with Crippen molar-refractivity contribution in [3.05, 3.63) is 0 Å². The van der Waals surface area contributed by atoms with E-state index in [1.807, 2.05) is 13.8 Å². The molecule has 122 valence electrons. The first-order chi connectivity index (χ1) is 9.35. The molecule has 1 heterocycles. The maximum Gasteiger partial charge on any atom is 0.408 e. The van der Waals surface area contributed by atoms with Crippen LogP contribution in [0.1, 0.15) is 54.9 Å². The molecule has 0 aromatic rings. The molecule has 1 amide bonds. The Morgan fingerprint density at radius 3 is 2.19 bits per heavy atom. The molecule has 0 aliphatic carbocycles. The standard InChI is InChI=1S/C15H27NO5/c1-9(2)8-10(16(13(18)19)14(3,4)5)11-12(17)21-15(6,7)20-11/h9-11H,8H2,1-7H3,(H,18,19)/t10-,11-/m0/s1. The fraction of sp³-hybridized carbons (Fsp3) is 0.867. The molecule has 0 unspecified atom stereocenters. The summed E-state index contributed by atoms with van der Waals surface area (Å²) in [6.07, 6.45) is -1.42. The maximum absolute atomic E-state index is 12.1. The predicted molar refractivity (Wildman–Crippen MR) is 77.9 cm³/mol. The van der Waals surface area contributed by atoms with Crippen molar-refractivity contribution in [2.24, 2.45) is 5.92 Å². The highest BCUT2D eigenvalue weighted by atomic mass is 16.8. The van der Waals surface area contributed by atoms with E-state index in [1.165, 1.54) is 4.90 Å². The van der Waals surface area contributed by atoms with Crippen LogP contribution in [0.15, 0.2) is 0 Å². The highest BCUT2D eigenvalue weighted by Gasteiger charge is 2.50. The fourth-order valence-electron chi connectivity index (χ4n) is 2.69. The number of amides is 1. The lowest BCUT2D eigenvalue weighted by Gasteiger charge is -2.41. The Morgan fingerprint density at radius 2 is 1.90 bits per heavy atom. The van der Waals surface area contributed by atoms with Crippen molar-refractivity contribution in [3.63, 3.8) is 0 Å². The average Bonchev–Trinajstić information content (AvgIpc) is 2.47. The molecule has 1 aliphatic rings. The topological polar surface area (TPSA) is 76.1 Å². The summed E-state index contributed by atoms with van der Waals surface area (Å²) in [5.41, 5.74) is -0.637. The van der Waals surface area contributed by atoms with Crippen LogP contribution in [0.5, 0.6) is 0 Å². The first kappa shape index (κ1) is 17.8. The van der Waals surface area contributed by atoms with E-state index in [9.17, 15) is 14.7 Å². The predicted octanol–water partition coefficient (Wildman–Crippen LogP) is 2.86. The minimum atomic E-state index is -1.06. The van der Waals surface area contributed by atoms with Crippen LogP contribution >= 0.6 is 0 Å². The van der Waals surface area contributed by atoms with Crippen molar-refractivity contribution < 1.29 is 24.2 Å². The van der Waals surface area contributed by atoms with Crippen LogP contribution in [0.4, 0.5) is 4.79 Å². The summed E-state index contributed by atoms with van der Waals surface area (Å²) in [5.74, 6) is -1.29. The minimum absolute atomic E-state index is 0.222. The normalized spacial score (nSPS) is 23.0. The number of hydrogen-bond donors (Lipinski definition) is 1. The lowest BCUT2D eigenvalue weighted by molar-refractivity contribution is -0.162. The van der Waals surface area contributed by atoms with Crippen LogP contribution in [-0.2, 0) is 14.3 Å². The highest BCUT2D eigenvalue weighted by molar-refractivity contribution is 5.79. The zero-order valence-electron chi connectivity index (χ0n) is 14.0. The summed E-state index contributed by atoms with van der Waals surface area (Å²) < 4.78 is 10.9. The van der Waals surface area contributed by atoms with Gasteiger partial charge in [0.15, 0.2) is 6.10 Å². The number of carboxylic acid groups (broad SMARTS) is 1. The molecule has 0 radical (unpaired) electrons. The van der Waals surface area contributed by atoms with Gasteiger partial charge in [0.25, 0.3) is 0 Å². The zero-order chi connectivity index (χ0) is 16.6. The first-order valence-corrected chi connectivity index (χ1v) is 7.28. The van der Waals surface area contributed by atoms with E-state index in [1.54, 1.807) is 34.6 Å². The number of ether oxygens (including phenoxy) is 2. The van der Waals surface area contributed by atoms with Crippen LogP contribution in [0, 0.1) is 5.92 Å². The molecule has 0 bridgehead atoms. The van der Waals surface area contributed by atoms with Gasteiger partial charge in [-0.1, -0.05) is 13.8 Å². The van der Waals surface area contributed by atoms with Crippen molar-refractivity contribution in [3.8, 4) is 0 Å². The minimum Gasteiger partial charge on any atom is -0.465 e. The molecule has 6 heteroatoms. The number of carbonyl (C=O) groups excluding carboxylic acids is 1. The molecule has 1 N–H and O–H groups in total. The Hall–Kier alpha value is -1.30. The summed E-state index contributed by atoms with van der Waals surface area (Å²) in [5, 5.41) is 9.59. The second-order valence-corrected chi connectivity index (χ2v) is 7.38. The fourth-order valence-corrected chi connectivity index (χ4v) is 2.69. The molecular formula is C15H27NO5. The third kappa shape index (κ3) is 4.33. The lowest BCUT2D eigenvalue weighted by atomic mass is 9.93. The van der Waals surface area contributed by atoms with Gasteiger partial charge in [0.1, 0.15) is 0 Å². The van der Waals surface area contributed by atoms with Gasteiger partial charge in [0, 0.05) is 19.4 Å². The number of nitrogens with zero attached hydrogens (tertiary/aromatic N) is 1. The van der Waals surface area contributed by atoms with Crippen LogP contribution < -0.4 is 0 Å². The Labute approximate surface area is 126 Å². The molecule has 0 spiro atoms. The largest absolute Gasteiger partial charge is 0.465 e. The number of esters is 1. The Morgan fingerprint density at radius 1 is 1.38 bits per heavy atom. The Bertz CT molecular complexity index is 411. The summed E-state index contributed by atoms with van der Waals surface area (Å²) >= 11 is 0. The number of cyclic esters (lactones) is 1. The van der Waals surface area contributed by atoms with E-state index in [0.29, 0.717) is 6.42 Å². The molecule has 6 nitrogen and oxygen atoms in total. The van der Waals surface area contributed by atoms with Crippen molar-refractivity contribution in [1.29, 1.82) is 0 Å². The maximum atomic E-state index is 12.1. The summed E-state index contributed by atoms with van der Waals surface area (Å²) in [4.78, 5) is 25.1. The monoisotopic (exact) mass is 301 g/mol. The van der Waals surface area contributed by atoms with E-state index in [-0.39, 0.29) is 5.92 Å². The smallest absolute Gasteiger partial charge is 0.408 e. The number of hydrogen-bond acceptors (Lipinski definition) is 4. The number of rotatable bonds is 4. The van der Waals surface area contributed by atoms with Crippen molar-refractivity contribution in [2.75, 3.05) is 0 Å². The van der Waals surface area contributed by atoms with Crippen LogP contribution in [0.3, 0.4) is 0 Å². The second-order valence-electron chi connectivity index (χ2n) is 7.38. The van der Waals surface area contributed by atoms with Gasteiger partial charge in [-0.25, -0.2) is 9.59 Å². The third-order valence-corrected chi connectivity index (χ3v) is 3.31. The quantitative estimate of drug-likeness (QED) is 0.808. The van der Waals surface area contributed by atoms with Crippen molar-refractivity contribution >= 4 is 12.1 Å². The van der Waals surface area contributed by atoms with Gasteiger partial charge < -0.3 is 14.6 Å². The molecule has 0 aromatic heterocycles. The van der Waals surface area contributed by atoms with Gasteiger partial charge in [0.2, 0.25) is 5.79 Å². The van der Waals surface area contributed by atoms with Crippen molar-refractivity contribution in [2.45, 2.75) is 78.4 Å². The molecule has 0 saturated carbocycles. The van der Waals surface area contributed by atoms with E-state index in [2.05, 4.69) is 0 Å². The molecule has 1 saturated heterocycles. The SMILES string of the molecule is CC(C)C[C@@H]([C@@H]1OC(C)(C)OC1=O)N(C(=O)O)C(C)(C)C. The second kappa shape index (κ2) is 5.83. The van der Waals surface area contributed by atoms with Crippen LogP contribution in [0.2, 0.25) is 0 Å². The molecule has 1 aliphatic heterocycles. The Kier molecular flexibility index (Phi) is 4.93. The average molecular weight is 301 g/mol. The van der Waals surface area contributed by atoms with Gasteiger partial charge in [-0.3, -0.25) is 4.90 Å². The van der Waals surface area contributed by atoms with E-state index in [0.717, 1.165) is 0 Å². The number of carbonyl (C=O) groups is 2. The highest BCUT2D eigenvalue weighted by Crippen LogP contribution is 2.33. The van der Waals surface area contributed by atoms with E-state index in [4.69, 9.17) is 9.47 Å².